The van der Waals surface area contributed by atoms with E-state index in [0.29, 0.717) is 13.2 Å². The first-order valence-corrected chi connectivity index (χ1v) is 5.23. The van der Waals surface area contributed by atoms with Crippen molar-refractivity contribution in [3.05, 3.63) is 33.9 Å². The summed E-state index contributed by atoms with van der Waals surface area (Å²) in [6.07, 6.45) is -0.173. The summed E-state index contributed by atoms with van der Waals surface area (Å²) in [7, 11) is 1.21. The van der Waals surface area contributed by atoms with Crippen LogP contribution in [0.25, 0.3) is 0 Å². The number of ether oxygens (including phenoxy) is 3. The predicted molar refractivity (Wildman–Crippen MR) is 59.7 cm³/mol. The van der Waals surface area contributed by atoms with E-state index in [1.807, 2.05) is 0 Å². The Labute approximate surface area is 102 Å². The van der Waals surface area contributed by atoms with Crippen LogP contribution in [0.1, 0.15) is 10.4 Å². The number of hydrogen-bond acceptors (Lipinski definition) is 6. The molecule has 0 radical (unpaired) electrons. The lowest BCUT2D eigenvalue weighted by Crippen LogP contribution is -2.38. The van der Waals surface area contributed by atoms with Gasteiger partial charge in [-0.05, 0) is 12.1 Å². The van der Waals surface area contributed by atoms with E-state index in [9.17, 15) is 14.9 Å². The van der Waals surface area contributed by atoms with Crippen molar-refractivity contribution in [3.63, 3.8) is 0 Å². The first kappa shape index (κ1) is 12.3. The smallest absolute Gasteiger partial charge is 0.338 e. The van der Waals surface area contributed by atoms with Gasteiger partial charge in [0.2, 0.25) is 0 Å². The zero-order valence-corrected chi connectivity index (χ0v) is 9.62. The molecule has 7 heteroatoms. The molecular formula is C11H11NO6. The average molecular weight is 253 g/mol. The minimum atomic E-state index is -0.628. The molecule has 1 heterocycles. The predicted octanol–water partition coefficient (Wildman–Crippen LogP) is 1.16. The van der Waals surface area contributed by atoms with Gasteiger partial charge in [-0.3, -0.25) is 10.1 Å². The van der Waals surface area contributed by atoms with Crippen LogP contribution in [0.5, 0.6) is 5.75 Å². The Morgan fingerprint density at radius 3 is 2.72 bits per heavy atom. The Morgan fingerprint density at radius 1 is 1.50 bits per heavy atom. The number of methoxy groups -OCH3 is 1. The van der Waals surface area contributed by atoms with Crippen molar-refractivity contribution in [2.45, 2.75) is 6.10 Å². The molecule has 1 aliphatic heterocycles. The summed E-state index contributed by atoms with van der Waals surface area (Å²) >= 11 is 0. The summed E-state index contributed by atoms with van der Waals surface area (Å²) in [6, 6.07) is 3.96. The SMILES string of the molecule is COC(=O)c1ccc(OC2COC2)c([N+](=O)[O-])c1. The highest BCUT2D eigenvalue weighted by Gasteiger charge is 2.25. The summed E-state index contributed by atoms with van der Waals surface area (Å²) < 4.78 is 14.8. The zero-order chi connectivity index (χ0) is 13.1. The van der Waals surface area contributed by atoms with Crippen LogP contribution in [-0.2, 0) is 9.47 Å². The largest absolute Gasteiger partial charge is 0.479 e. The second-order valence-corrected chi connectivity index (χ2v) is 3.71. The van der Waals surface area contributed by atoms with Gasteiger partial charge >= 0.3 is 11.7 Å². The van der Waals surface area contributed by atoms with Gasteiger partial charge in [0.25, 0.3) is 0 Å². The third-order valence-electron chi connectivity index (χ3n) is 2.48. The lowest BCUT2D eigenvalue weighted by atomic mass is 10.2. The highest BCUT2D eigenvalue weighted by atomic mass is 16.6. The van der Waals surface area contributed by atoms with Crippen LogP contribution >= 0.6 is 0 Å². The van der Waals surface area contributed by atoms with Crippen LogP contribution in [0.2, 0.25) is 0 Å². The van der Waals surface area contributed by atoms with Crippen molar-refractivity contribution >= 4 is 11.7 Å². The summed E-state index contributed by atoms with van der Waals surface area (Å²) in [4.78, 5) is 21.6. The maximum Gasteiger partial charge on any atom is 0.338 e. The molecule has 1 aromatic rings. The molecule has 0 amide bonds. The fourth-order valence-electron chi connectivity index (χ4n) is 1.47. The van der Waals surface area contributed by atoms with Crippen molar-refractivity contribution in [2.75, 3.05) is 20.3 Å². The molecule has 0 aliphatic carbocycles. The molecule has 0 spiro atoms. The van der Waals surface area contributed by atoms with Crippen LogP contribution in [-0.4, -0.2) is 37.3 Å². The average Bonchev–Trinajstić information content (AvgIpc) is 2.32. The number of benzene rings is 1. The molecule has 1 aliphatic rings. The standard InChI is InChI=1S/C11H11NO6/c1-16-11(13)7-2-3-10(9(4-7)12(14)15)18-8-5-17-6-8/h2-4,8H,5-6H2,1H3. The van der Waals surface area contributed by atoms with Crippen LogP contribution < -0.4 is 4.74 Å². The van der Waals surface area contributed by atoms with Gasteiger partial charge < -0.3 is 14.2 Å². The molecule has 0 aromatic heterocycles. The fourth-order valence-corrected chi connectivity index (χ4v) is 1.47. The van der Waals surface area contributed by atoms with Crippen LogP contribution in [0.4, 0.5) is 5.69 Å². The summed E-state index contributed by atoms with van der Waals surface area (Å²) in [6.45, 7) is 0.825. The van der Waals surface area contributed by atoms with Gasteiger partial charge in [-0.2, -0.15) is 0 Å². The molecule has 0 saturated carbocycles. The van der Waals surface area contributed by atoms with E-state index in [1.54, 1.807) is 0 Å². The molecular weight excluding hydrogens is 242 g/mol. The highest BCUT2D eigenvalue weighted by Crippen LogP contribution is 2.30. The van der Waals surface area contributed by atoms with Gasteiger partial charge in [0, 0.05) is 6.07 Å². The Balaban J connectivity index is 2.28. The summed E-state index contributed by atoms with van der Waals surface area (Å²) in [5, 5.41) is 10.9. The third-order valence-corrected chi connectivity index (χ3v) is 2.48. The molecule has 0 bridgehead atoms. The molecule has 1 aromatic carbocycles. The first-order chi connectivity index (χ1) is 8.61. The van der Waals surface area contributed by atoms with E-state index in [1.165, 1.54) is 19.2 Å². The summed E-state index contributed by atoms with van der Waals surface area (Å²) in [5.41, 5.74) is -0.147. The molecule has 0 N–H and O–H groups in total. The number of nitrogens with zero attached hydrogens (tertiary/aromatic N) is 1. The van der Waals surface area contributed by atoms with Crippen molar-refractivity contribution in [2.24, 2.45) is 0 Å². The third kappa shape index (κ3) is 2.40. The Kier molecular flexibility index (Phi) is 3.42. The Hall–Kier alpha value is -2.15. The minimum Gasteiger partial charge on any atom is -0.479 e. The van der Waals surface area contributed by atoms with Crippen molar-refractivity contribution in [1.82, 2.24) is 0 Å². The fraction of sp³-hybridized carbons (Fsp3) is 0.364. The van der Waals surface area contributed by atoms with Crippen molar-refractivity contribution in [3.8, 4) is 5.75 Å². The topological polar surface area (TPSA) is 87.9 Å². The van der Waals surface area contributed by atoms with E-state index in [4.69, 9.17) is 9.47 Å². The zero-order valence-electron chi connectivity index (χ0n) is 9.62. The van der Waals surface area contributed by atoms with E-state index in [0.717, 1.165) is 6.07 Å². The number of rotatable bonds is 4. The first-order valence-electron chi connectivity index (χ1n) is 5.23. The van der Waals surface area contributed by atoms with Crippen LogP contribution in [0.15, 0.2) is 18.2 Å². The van der Waals surface area contributed by atoms with Crippen molar-refractivity contribution in [1.29, 1.82) is 0 Å². The van der Waals surface area contributed by atoms with Gasteiger partial charge in [-0.1, -0.05) is 0 Å². The molecule has 96 valence electrons. The highest BCUT2D eigenvalue weighted by molar-refractivity contribution is 5.90. The van der Waals surface area contributed by atoms with Gasteiger partial charge in [-0.25, -0.2) is 4.79 Å². The van der Waals surface area contributed by atoms with E-state index >= 15 is 0 Å². The monoisotopic (exact) mass is 253 g/mol. The normalized spacial score (nSPS) is 14.7. The molecule has 2 rings (SSSR count). The van der Waals surface area contributed by atoms with E-state index in [-0.39, 0.29) is 23.1 Å². The number of nitro groups is 1. The minimum absolute atomic E-state index is 0.112. The maximum absolute atomic E-state index is 11.3. The molecule has 0 atom stereocenters. The van der Waals surface area contributed by atoms with Crippen LogP contribution in [0.3, 0.4) is 0 Å². The lowest BCUT2D eigenvalue weighted by molar-refractivity contribution is -0.386. The van der Waals surface area contributed by atoms with Gasteiger partial charge in [-0.15, -0.1) is 0 Å². The summed E-state index contributed by atoms with van der Waals surface area (Å²) in [5.74, 6) is -0.502. The number of esters is 1. The number of carbonyl (C=O) groups excluding carboxylic acids is 1. The molecule has 7 nitrogen and oxygen atoms in total. The Morgan fingerprint density at radius 2 is 2.22 bits per heavy atom. The second kappa shape index (κ2) is 5.01. The number of hydrogen-bond donors (Lipinski definition) is 0. The molecule has 18 heavy (non-hydrogen) atoms. The quantitative estimate of drug-likeness (QED) is 0.454. The van der Waals surface area contributed by atoms with Gasteiger partial charge in [0.15, 0.2) is 5.75 Å². The van der Waals surface area contributed by atoms with Gasteiger partial charge in [0.05, 0.1) is 30.8 Å². The van der Waals surface area contributed by atoms with Crippen molar-refractivity contribution < 1.29 is 23.9 Å². The molecule has 1 fully saturated rings. The Bertz CT molecular complexity index is 482. The van der Waals surface area contributed by atoms with Gasteiger partial charge in [0.1, 0.15) is 6.10 Å². The van der Waals surface area contributed by atoms with Crippen LogP contribution in [0, 0.1) is 10.1 Å². The molecule has 0 unspecified atom stereocenters. The van der Waals surface area contributed by atoms with E-state index in [2.05, 4.69) is 4.74 Å². The lowest BCUT2D eigenvalue weighted by Gasteiger charge is -2.26. The molecule has 1 saturated heterocycles. The second-order valence-electron chi connectivity index (χ2n) is 3.71. The number of nitro benzene ring substituents is 1. The maximum atomic E-state index is 11.3. The number of carbonyl (C=O) groups is 1. The van der Waals surface area contributed by atoms with E-state index < -0.39 is 10.9 Å².